The molecule has 0 radical (unpaired) electrons. The van der Waals surface area contributed by atoms with Crippen molar-refractivity contribution in [2.24, 2.45) is 0 Å². The topological polar surface area (TPSA) is 109 Å². The third kappa shape index (κ3) is 4.23. The Hall–Kier alpha value is -3.97. The number of benzene rings is 2. The van der Waals surface area contributed by atoms with Crippen LogP contribution in [0, 0.1) is 11.6 Å². The van der Waals surface area contributed by atoms with E-state index in [0.29, 0.717) is 13.1 Å². The molecule has 0 saturated carbocycles. The normalized spacial score (nSPS) is 29.8. The third-order valence-electron chi connectivity index (χ3n) is 9.05. The van der Waals surface area contributed by atoms with E-state index in [2.05, 4.69) is 20.4 Å². The number of fused-ring (bicyclic) bond motifs is 6. The number of phenolic OH excluding ortho intramolecular Hbond substituents is 1. The Bertz CT molecular complexity index is 2010. The lowest BCUT2D eigenvalue weighted by molar-refractivity contribution is 0.107. The summed E-state index contributed by atoms with van der Waals surface area (Å²) in [5.41, 5.74) is -3.05. The van der Waals surface area contributed by atoms with Gasteiger partial charge in [0.1, 0.15) is 29.8 Å². The van der Waals surface area contributed by atoms with Gasteiger partial charge >= 0.3 is 6.01 Å². The molecule has 0 spiro atoms. The molecule has 224 valence electrons. The second-order valence-corrected chi connectivity index (χ2v) is 11.7. The second-order valence-electron chi connectivity index (χ2n) is 11.7. The van der Waals surface area contributed by atoms with Crippen molar-refractivity contribution >= 4 is 27.5 Å². The van der Waals surface area contributed by atoms with Gasteiger partial charge in [-0.3, -0.25) is 9.69 Å². The van der Waals surface area contributed by atoms with Gasteiger partial charge in [0.25, 0.3) is 5.56 Å². The molecular formula is C30H30F3N7O3. The molecule has 0 amide bonds. The summed E-state index contributed by atoms with van der Waals surface area (Å²) in [7, 11) is 0. The van der Waals surface area contributed by atoms with Crippen molar-refractivity contribution in [3.05, 3.63) is 52.5 Å². The van der Waals surface area contributed by atoms with Crippen molar-refractivity contribution < 1.29 is 28.5 Å². The van der Waals surface area contributed by atoms with Gasteiger partial charge in [-0.05, 0) is 49.7 Å². The largest absolute Gasteiger partial charge is 0.508 e. The van der Waals surface area contributed by atoms with Crippen LogP contribution in [0.5, 0.6) is 11.8 Å². The fraction of sp³-hybridized carbons (Fsp3) is 0.467. The maximum atomic E-state index is 15.1. The lowest BCUT2D eigenvalue weighted by atomic mass is 9.93. The Labute approximate surface area is 249 Å². The van der Waals surface area contributed by atoms with E-state index >= 15 is 4.39 Å². The first-order chi connectivity index (χ1) is 22.3. The first-order valence-electron chi connectivity index (χ1n) is 16.3. The third-order valence-corrected chi connectivity index (χ3v) is 9.05. The Kier molecular flexibility index (Phi) is 5.13. The van der Waals surface area contributed by atoms with Crippen molar-refractivity contribution in [2.75, 3.05) is 37.6 Å². The second kappa shape index (κ2) is 9.78. The minimum Gasteiger partial charge on any atom is -0.508 e. The van der Waals surface area contributed by atoms with E-state index in [1.807, 2.05) is 4.90 Å². The van der Waals surface area contributed by atoms with Gasteiger partial charge in [-0.1, -0.05) is 6.07 Å². The van der Waals surface area contributed by atoms with Gasteiger partial charge in [0, 0.05) is 52.3 Å². The van der Waals surface area contributed by atoms with Crippen molar-refractivity contribution in [1.29, 1.82) is 0 Å². The maximum Gasteiger partial charge on any atom is 0.319 e. The van der Waals surface area contributed by atoms with Crippen molar-refractivity contribution in [3.8, 4) is 17.4 Å². The summed E-state index contributed by atoms with van der Waals surface area (Å²) in [6, 6.07) is 4.06. The predicted molar refractivity (Wildman–Crippen MR) is 153 cm³/mol. The zero-order chi connectivity index (χ0) is 33.0. The molecule has 5 saturated heterocycles. The van der Waals surface area contributed by atoms with Crippen molar-refractivity contribution in [2.45, 2.75) is 55.9 Å². The highest BCUT2D eigenvalue weighted by atomic mass is 19.2. The summed E-state index contributed by atoms with van der Waals surface area (Å²) in [5, 5.41) is 18.1. The van der Waals surface area contributed by atoms with Crippen LogP contribution in [0.15, 0.2) is 35.3 Å². The molecule has 2 aromatic heterocycles. The quantitative estimate of drug-likeness (QED) is 0.359. The molecule has 2 N–H and O–H groups in total. The molecule has 0 aliphatic carbocycles. The van der Waals surface area contributed by atoms with E-state index in [9.17, 15) is 18.7 Å². The Balaban J connectivity index is 1.31. The van der Waals surface area contributed by atoms with Gasteiger partial charge in [-0.2, -0.15) is 19.7 Å². The van der Waals surface area contributed by atoms with Gasteiger partial charge in [-0.15, -0.1) is 0 Å². The molecule has 2 aromatic carbocycles. The van der Waals surface area contributed by atoms with E-state index in [-0.39, 0.29) is 76.8 Å². The van der Waals surface area contributed by atoms with Crippen molar-refractivity contribution in [1.82, 2.24) is 30.0 Å². The number of alkyl halides is 1. The monoisotopic (exact) mass is 597 g/mol. The Morgan fingerprint density at radius 1 is 1.23 bits per heavy atom. The zero-order valence-electron chi connectivity index (χ0n) is 26.9. The summed E-state index contributed by atoms with van der Waals surface area (Å²) >= 11 is 0. The van der Waals surface area contributed by atoms with Gasteiger partial charge in [0.05, 0.1) is 25.6 Å². The SMILES string of the molecule is [2H]C1([2H])CC[C@@]2(C([2H])([2H])Oc3nc(N4CC5CCC4CN5)c4cnn(-c5cc(O)cc6ccc(F)c(F)c56)c(=O)c4n3)C[C@@H](F)CN12. The summed E-state index contributed by atoms with van der Waals surface area (Å²) in [6.45, 7) is -3.77. The van der Waals surface area contributed by atoms with Crippen LogP contribution in [0.3, 0.4) is 0 Å². The standard InChI is InChI=1S/C30H30F3N7O3/c31-17-10-30(6-1-7-38(30)13-17)15-43-29-36-26-21(27(37-29)39-14-18-3-4-19(39)11-34-18)12-35-40(28(26)42)23-9-20(41)8-16-2-5-22(32)25(33)24(16)23/h2,5,8-9,12,17-19,34,41H,1,3-4,6-7,10-11,13-15H2/t17-,18?,19?,30+/m1/s1/i7D2,15D2. The van der Waals surface area contributed by atoms with Crippen LogP contribution in [0.2, 0.25) is 0 Å². The Morgan fingerprint density at radius 2 is 2.12 bits per heavy atom. The molecule has 2 bridgehead atoms. The first-order valence-corrected chi connectivity index (χ1v) is 14.3. The molecule has 4 aromatic rings. The lowest BCUT2D eigenvalue weighted by Crippen LogP contribution is -2.61. The van der Waals surface area contributed by atoms with E-state index < -0.39 is 48.0 Å². The smallest absolute Gasteiger partial charge is 0.319 e. The fourth-order valence-corrected chi connectivity index (χ4v) is 6.97. The summed E-state index contributed by atoms with van der Waals surface area (Å²) < 4.78 is 85.7. The molecular weight excluding hydrogens is 563 g/mol. The number of nitrogens with one attached hydrogen (secondary N) is 1. The van der Waals surface area contributed by atoms with Gasteiger partial charge in [-0.25, -0.2) is 13.2 Å². The molecule has 43 heavy (non-hydrogen) atoms. The number of aromatic nitrogens is 4. The van der Waals surface area contributed by atoms with E-state index in [0.717, 1.165) is 29.7 Å². The molecule has 5 fully saturated rings. The highest BCUT2D eigenvalue weighted by Gasteiger charge is 2.49. The highest BCUT2D eigenvalue weighted by molar-refractivity contribution is 5.93. The molecule has 2 unspecified atom stereocenters. The summed E-state index contributed by atoms with van der Waals surface area (Å²) in [4.78, 5) is 26.2. The Morgan fingerprint density at radius 3 is 2.91 bits per heavy atom. The maximum absolute atomic E-state index is 15.1. The van der Waals surface area contributed by atoms with E-state index in [1.54, 1.807) is 0 Å². The van der Waals surface area contributed by atoms with Crippen LogP contribution < -0.4 is 20.5 Å². The van der Waals surface area contributed by atoms with Crippen LogP contribution in [0.4, 0.5) is 19.0 Å². The number of aromatic hydroxyl groups is 1. The summed E-state index contributed by atoms with van der Waals surface area (Å²) in [6.07, 6.45) is 1.25. The number of halogens is 3. The van der Waals surface area contributed by atoms with Crippen molar-refractivity contribution in [3.63, 3.8) is 0 Å². The minimum atomic E-state index is -2.68. The van der Waals surface area contributed by atoms with Crippen LogP contribution in [-0.2, 0) is 0 Å². The zero-order valence-corrected chi connectivity index (χ0v) is 22.9. The predicted octanol–water partition coefficient (Wildman–Crippen LogP) is 3.21. The van der Waals surface area contributed by atoms with E-state index in [1.165, 1.54) is 23.2 Å². The number of piperidine rings is 2. The average molecular weight is 598 g/mol. The number of rotatable bonds is 5. The number of hydrogen-bond acceptors (Lipinski definition) is 9. The highest BCUT2D eigenvalue weighted by Crippen LogP contribution is 2.41. The van der Waals surface area contributed by atoms with E-state index in [4.69, 9.17) is 10.2 Å². The number of ether oxygens (including phenoxy) is 1. The molecule has 4 atom stereocenters. The summed E-state index contributed by atoms with van der Waals surface area (Å²) in [5.74, 6) is -2.47. The van der Waals surface area contributed by atoms with Crippen LogP contribution in [0.1, 0.15) is 37.6 Å². The molecule has 5 aliphatic rings. The number of piperazine rings is 1. The average Bonchev–Trinajstić information content (AvgIpc) is 3.53. The lowest BCUT2D eigenvalue weighted by Gasteiger charge is -2.46. The van der Waals surface area contributed by atoms with Crippen LogP contribution in [0.25, 0.3) is 27.4 Å². The van der Waals surface area contributed by atoms with Gasteiger partial charge in [0.15, 0.2) is 11.6 Å². The molecule has 13 heteroatoms. The van der Waals surface area contributed by atoms with Crippen LogP contribution in [-0.4, -0.2) is 86.2 Å². The van der Waals surface area contributed by atoms with Crippen LogP contribution >= 0.6 is 0 Å². The fourth-order valence-electron chi connectivity index (χ4n) is 6.97. The molecule has 7 heterocycles. The minimum absolute atomic E-state index is 0.0150. The van der Waals surface area contributed by atoms with Gasteiger partial charge in [0.2, 0.25) is 0 Å². The number of hydrogen-bond donors (Lipinski definition) is 2. The van der Waals surface area contributed by atoms with Gasteiger partial charge < -0.3 is 20.1 Å². The number of phenols is 1. The molecule has 5 aliphatic heterocycles. The molecule has 9 rings (SSSR count). The number of anilines is 1. The molecule has 10 nitrogen and oxygen atoms in total. The number of nitrogens with zero attached hydrogens (tertiary/aromatic N) is 6. The first kappa shape index (κ1) is 22.6.